The lowest BCUT2D eigenvalue weighted by atomic mass is 10.2. The molecule has 92 valence electrons. The molecule has 0 saturated heterocycles. The Labute approximate surface area is 106 Å². The molecule has 2 N–H and O–H groups in total. The molecule has 0 unspecified atom stereocenters. The van der Waals surface area contributed by atoms with Crippen LogP contribution in [0.25, 0.3) is 0 Å². The third-order valence-electron chi connectivity index (χ3n) is 2.04. The Hall–Kier alpha value is -1.63. The minimum Gasteiger partial charge on any atom is -0.481 e. The van der Waals surface area contributed by atoms with Crippen molar-refractivity contribution in [2.45, 2.75) is 12.8 Å². The zero-order valence-electron chi connectivity index (χ0n) is 8.85. The highest BCUT2D eigenvalue weighted by molar-refractivity contribution is 9.10. The number of nitro groups is 1. The quantitative estimate of drug-likeness (QED) is 0.479. The molecule has 0 fully saturated rings. The average molecular weight is 303 g/mol. The van der Waals surface area contributed by atoms with Crippen molar-refractivity contribution in [2.75, 3.05) is 11.9 Å². The van der Waals surface area contributed by atoms with E-state index in [1.807, 2.05) is 0 Å². The van der Waals surface area contributed by atoms with Gasteiger partial charge in [-0.2, -0.15) is 0 Å². The molecule has 1 rings (SSSR count). The molecular weight excluding hydrogens is 292 g/mol. The number of carboxylic acid groups (broad SMARTS) is 1. The monoisotopic (exact) mass is 302 g/mol. The van der Waals surface area contributed by atoms with Crippen molar-refractivity contribution in [3.05, 3.63) is 32.8 Å². The number of nitrogens with one attached hydrogen (secondary N) is 1. The molecule has 17 heavy (non-hydrogen) atoms. The van der Waals surface area contributed by atoms with Crippen LogP contribution < -0.4 is 5.32 Å². The molecule has 1 aromatic carbocycles. The third-order valence-corrected chi connectivity index (χ3v) is 2.53. The van der Waals surface area contributed by atoms with Crippen LogP contribution in [-0.2, 0) is 4.79 Å². The summed E-state index contributed by atoms with van der Waals surface area (Å²) in [5, 5.41) is 22.0. The molecule has 0 aliphatic carbocycles. The van der Waals surface area contributed by atoms with Gasteiger partial charge in [-0.1, -0.05) is 15.9 Å². The van der Waals surface area contributed by atoms with E-state index in [0.717, 1.165) is 4.47 Å². The van der Waals surface area contributed by atoms with Crippen LogP contribution in [0.4, 0.5) is 11.4 Å². The maximum atomic E-state index is 10.7. The highest BCUT2D eigenvalue weighted by atomic mass is 79.9. The van der Waals surface area contributed by atoms with Crippen molar-refractivity contribution in [2.24, 2.45) is 0 Å². The van der Waals surface area contributed by atoms with Gasteiger partial charge in [0.2, 0.25) is 0 Å². The van der Waals surface area contributed by atoms with E-state index < -0.39 is 10.9 Å². The molecule has 6 nitrogen and oxygen atoms in total. The standard InChI is InChI=1S/C10H11BrN2O4/c11-7-3-4-9(13(16)17)8(6-7)12-5-1-2-10(14)15/h3-4,6,12H,1-2,5H2,(H,14,15). The SMILES string of the molecule is O=C(O)CCCNc1cc(Br)ccc1[N+](=O)[O-]. The molecule has 0 aromatic heterocycles. The van der Waals surface area contributed by atoms with Crippen LogP contribution in [0.15, 0.2) is 22.7 Å². The van der Waals surface area contributed by atoms with Crippen molar-refractivity contribution in [3.63, 3.8) is 0 Å². The van der Waals surface area contributed by atoms with E-state index in [9.17, 15) is 14.9 Å². The summed E-state index contributed by atoms with van der Waals surface area (Å²) >= 11 is 3.22. The Kier molecular flexibility index (Phi) is 4.89. The maximum Gasteiger partial charge on any atom is 0.303 e. The van der Waals surface area contributed by atoms with Crippen LogP contribution >= 0.6 is 15.9 Å². The molecule has 7 heteroatoms. The van der Waals surface area contributed by atoms with Gasteiger partial charge >= 0.3 is 5.97 Å². The fourth-order valence-corrected chi connectivity index (χ4v) is 1.63. The van der Waals surface area contributed by atoms with E-state index >= 15 is 0 Å². The second-order valence-electron chi connectivity index (χ2n) is 3.34. The fourth-order valence-electron chi connectivity index (χ4n) is 1.27. The van der Waals surface area contributed by atoms with E-state index in [1.54, 1.807) is 12.1 Å². The molecule has 0 radical (unpaired) electrons. The van der Waals surface area contributed by atoms with E-state index in [1.165, 1.54) is 6.07 Å². The average Bonchev–Trinajstić information content (AvgIpc) is 2.23. The smallest absolute Gasteiger partial charge is 0.303 e. The van der Waals surface area contributed by atoms with Crippen molar-refractivity contribution in [1.82, 2.24) is 0 Å². The lowest BCUT2D eigenvalue weighted by molar-refractivity contribution is -0.384. The van der Waals surface area contributed by atoms with Gasteiger partial charge in [-0.25, -0.2) is 0 Å². The number of benzene rings is 1. The lowest BCUT2D eigenvalue weighted by Crippen LogP contribution is -2.06. The van der Waals surface area contributed by atoms with Gasteiger partial charge in [-0.05, 0) is 18.6 Å². The molecule has 0 aliphatic rings. The number of rotatable bonds is 6. The van der Waals surface area contributed by atoms with Crippen LogP contribution in [0.1, 0.15) is 12.8 Å². The number of carboxylic acids is 1. The molecule has 0 aliphatic heterocycles. The number of hydrogen-bond donors (Lipinski definition) is 2. The van der Waals surface area contributed by atoms with Gasteiger partial charge in [0.05, 0.1) is 4.92 Å². The second kappa shape index (κ2) is 6.19. The highest BCUT2D eigenvalue weighted by Crippen LogP contribution is 2.27. The van der Waals surface area contributed by atoms with Crippen LogP contribution in [0.5, 0.6) is 0 Å². The topological polar surface area (TPSA) is 92.5 Å². The molecule has 0 amide bonds. The maximum absolute atomic E-state index is 10.7. The Bertz CT molecular complexity index is 436. The first kappa shape index (κ1) is 13.4. The summed E-state index contributed by atoms with van der Waals surface area (Å²) in [6.07, 6.45) is 0.452. The predicted octanol–water partition coefficient (Wildman–Crippen LogP) is 2.63. The van der Waals surface area contributed by atoms with Gasteiger partial charge in [-0.3, -0.25) is 14.9 Å². The van der Waals surface area contributed by atoms with Gasteiger partial charge in [0.1, 0.15) is 5.69 Å². The van der Waals surface area contributed by atoms with Crippen molar-refractivity contribution in [3.8, 4) is 0 Å². The summed E-state index contributed by atoms with van der Waals surface area (Å²) in [6, 6.07) is 4.57. The third kappa shape index (κ3) is 4.39. The van der Waals surface area contributed by atoms with E-state index in [4.69, 9.17) is 5.11 Å². The van der Waals surface area contributed by atoms with Gasteiger partial charge in [-0.15, -0.1) is 0 Å². The summed E-state index contributed by atoms with van der Waals surface area (Å²) in [5.41, 5.74) is 0.360. The number of nitrogens with zero attached hydrogens (tertiary/aromatic N) is 1. The summed E-state index contributed by atoms with van der Waals surface area (Å²) in [5.74, 6) is -0.879. The first-order valence-corrected chi connectivity index (χ1v) is 5.69. The number of hydrogen-bond acceptors (Lipinski definition) is 4. The van der Waals surface area contributed by atoms with Gasteiger partial charge in [0.15, 0.2) is 0 Å². The van der Waals surface area contributed by atoms with Gasteiger partial charge in [0.25, 0.3) is 5.69 Å². The number of aliphatic carboxylic acids is 1. The Morgan fingerprint density at radius 2 is 2.24 bits per heavy atom. The number of nitro benzene ring substituents is 1. The van der Waals surface area contributed by atoms with Crippen molar-refractivity contribution >= 4 is 33.3 Å². The van der Waals surface area contributed by atoms with Crippen LogP contribution in [0.3, 0.4) is 0 Å². The van der Waals surface area contributed by atoms with E-state index in [-0.39, 0.29) is 12.1 Å². The predicted molar refractivity (Wildman–Crippen MR) is 66.2 cm³/mol. The Morgan fingerprint density at radius 3 is 2.82 bits per heavy atom. The summed E-state index contributed by atoms with van der Waals surface area (Å²) in [7, 11) is 0. The second-order valence-corrected chi connectivity index (χ2v) is 4.26. The molecule has 0 atom stereocenters. The molecule has 1 aromatic rings. The summed E-state index contributed by atoms with van der Waals surface area (Å²) < 4.78 is 0.726. The molecule has 0 bridgehead atoms. The molecule has 0 saturated carbocycles. The number of carbonyl (C=O) groups is 1. The number of halogens is 1. The molecular formula is C10H11BrN2O4. The normalized spacial score (nSPS) is 9.94. The zero-order chi connectivity index (χ0) is 12.8. The van der Waals surface area contributed by atoms with Crippen LogP contribution in [-0.4, -0.2) is 22.5 Å². The molecule has 0 spiro atoms. The Balaban J connectivity index is 2.65. The highest BCUT2D eigenvalue weighted by Gasteiger charge is 2.13. The number of anilines is 1. The van der Waals surface area contributed by atoms with Gasteiger partial charge in [0, 0.05) is 23.5 Å². The minimum absolute atomic E-state index is 0.0245. The largest absolute Gasteiger partial charge is 0.481 e. The van der Waals surface area contributed by atoms with Crippen LogP contribution in [0, 0.1) is 10.1 Å². The zero-order valence-corrected chi connectivity index (χ0v) is 10.4. The van der Waals surface area contributed by atoms with Crippen molar-refractivity contribution in [1.29, 1.82) is 0 Å². The van der Waals surface area contributed by atoms with E-state index in [2.05, 4.69) is 21.2 Å². The summed E-state index contributed by atoms with van der Waals surface area (Å²) in [4.78, 5) is 20.5. The first-order chi connectivity index (χ1) is 8.00. The lowest BCUT2D eigenvalue weighted by Gasteiger charge is -2.06. The molecule has 0 heterocycles. The fraction of sp³-hybridized carbons (Fsp3) is 0.300. The van der Waals surface area contributed by atoms with E-state index in [0.29, 0.717) is 18.7 Å². The van der Waals surface area contributed by atoms with Crippen molar-refractivity contribution < 1.29 is 14.8 Å². The summed E-state index contributed by atoms with van der Waals surface area (Å²) in [6.45, 7) is 0.379. The first-order valence-electron chi connectivity index (χ1n) is 4.90. The Morgan fingerprint density at radius 1 is 1.53 bits per heavy atom. The van der Waals surface area contributed by atoms with Gasteiger partial charge < -0.3 is 10.4 Å². The minimum atomic E-state index is -0.879. The van der Waals surface area contributed by atoms with Crippen LogP contribution in [0.2, 0.25) is 0 Å².